The molecule has 0 bridgehead atoms. The Labute approximate surface area is 165 Å². The number of hydrogen-bond acceptors (Lipinski definition) is 2. The van der Waals surface area contributed by atoms with Crippen molar-refractivity contribution in [3.63, 3.8) is 0 Å². The monoisotopic (exact) mass is 372 g/mol. The summed E-state index contributed by atoms with van der Waals surface area (Å²) >= 11 is 0. The molecule has 142 valence electrons. The second-order valence-corrected chi connectivity index (χ2v) is 7.15. The summed E-state index contributed by atoms with van der Waals surface area (Å²) in [6.45, 7) is 0.523. The van der Waals surface area contributed by atoms with Gasteiger partial charge in [0.1, 0.15) is 5.75 Å². The molecule has 3 aromatic carbocycles. The molecule has 28 heavy (non-hydrogen) atoms. The second kappa shape index (κ2) is 7.77. The van der Waals surface area contributed by atoms with Crippen LogP contribution in [0.4, 0.5) is 10.5 Å². The summed E-state index contributed by atoms with van der Waals surface area (Å²) in [5.74, 6) is 0.820. The van der Waals surface area contributed by atoms with Gasteiger partial charge in [0, 0.05) is 5.69 Å². The van der Waals surface area contributed by atoms with E-state index >= 15 is 0 Å². The van der Waals surface area contributed by atoms with E-state index in [9.17, 15) is 4.79 Å². The van der Waals surface area contributed by atoms with Crippen molar-refractivity contribution >= 4 is 11.7 Å². The predicted molar refractivity (Wildman–Crippen MR) is 112 cm³/mol. The molecule has 4 nitrogen and oxygen atoms in total. The molecular formula is C24H24N2O2. The summed E-state index contributed by atoms with van der Waals surface area (Å²) in [6, 6.07) is 27.8. The summed E-state index contributed by atoms with van der Waals surface area (Å²) < 4.78 is 5.25. The van der Waals surface area contributed by atoms with Crippen LogP contribution in [0.15, 0.2) is 84.9 Å². The molecule has 0 aromatic heterocycles. The van der Waals surface area contributed by atoms with E-state index in [4.69, 9.17) is 4.74 Å². The zero-order valence-corrected chi connectivity index (χ0v) is 16.0. The van der Waals surface area contributed by atoms with Crippen LogP contribution < -0.4 is 15.0 Å². The van der Waals surface area contributed by atoms with Crippen molar-refractivity contribution in [2.75, 3.05) is 12.0 Å². The van der Waals surface area contributed by atoms with Crippen molar-refractivity contribution in [3.05, 3.63) is 96.1 Å². The van der Waals surface area contributed by atoms with E-state index < -0.39 is 0 Å². The van der Waals surface area contributed by atoms with Crippen LogP contribution >= 0.6 is 0 Å². The van der Waals surface area contributed by atoms with Crippen molar-refractivity contribution in [2.45, 2.75) is 24.9 Å². The molecule has 4 rings (SSSR count). The van der Waals surface area contributed by atoms with Gasteiger partial charge in [-0.25, -0.2) is 4.79 Å². The first-order chi connectivity index (χ1) is 13.7. The predicted octanol–water partition coefficient (Wildman–Crippen LogP) is 5.10. The van der Waals surface area contributed by atoms with Crippen LogP contribution in [0.25, 0.3) is 0 Å². The quantitative estimate of drug-likeness (QED) is 0.654. The van der Waals surface area contributed by atoms with Crippen molar-refractivity contribution in [1.29, 1.82) is 0 Å². The molecule has 1 fully saturated rings. The zero-order chi connectivity index (χ0) is 19.4. The SMILES string of the molecule is COc1ccc(C2(NC(=O)N(Cc3ccccc3)c3ccccc3)CC2)cc1. The van der Waals surface area contributed by atoms with E-state index in [0.717, 1.165) is 35.4 Å². The highest BCUT2D eigenvalue weighted by Crippen LogP contribution is 2.46. The average Bonchev–Trinajstić information content (AvgIpc) is 3.54. The van der Waals surface area contributed by atoms with Crippen LogP contribution in [0.3, 0.4) is 0 Å². The number of urea groups is 1. The van der Waals surface area contributed by atoms with Crippen LogP contribution in [0, 0.1) is 0 Å². The molecule has 2 amide bonds. The van der Waals surface area contributed by atoms with E-state index in [1.165, 1.54) is 0 Å². The van der Waals surface area contributed by atoms with Crippen LogP contribution in [-0.2, 0) is 12.1 Å². The Bertz CT molecular complexity index is 920. The molecular weight excluding hydrogens is 348 g/mol. The van der Waals surface area contributed by atoms with Gasteiger partial charge < -0.3 is 10.1 Å². The Morgan fingerprint density at radius 3 is 2.11 bits per heavy atom. The molecule has 1 saturated carbocycles. The summed E-state index contributed by atoms with van der Waals surface area (Å²) in [7, 11) is 1.66. The number of hydrogen-bond donors (Lipinski definition) is 1. The first kappa shape index (κ1) is 18.1. The highest BCUT2D eigenvalue weighted by atomic mass is 16.5. The number of nitrogens with zero attached hydrogens (tertiary/aromatic N) is 1. The van der Waals surface area contributed by atoms with Gasteiger partial charge in [-0.05, 0) is 48.2 Å². The average molecular weight is 372 g/mol. The van der Waals surface area contributed by atoms with Crippen molar-refractivity contribution < 1.29 is 9.53 Å². The minimum atomic E-state index is -0.285. The number of anilines is 1. The van der Waals surface area contributed by atoms with Crippen molar-refractivity contribution in [2.24, 2.45) is 0 Å². The summed E-state index contributed by atoms with van der Waals surface area (Å²) in [5, 5.41) is 3.29. The van der Waals surface area contributed by atoms with Crippen LogP contribution in [-0.4, -0.2) is 13.1 Å². The lowest BCUT2D eigenvalue weighted by Crippen LogP contribution is -2.45. The topological polar surface area (TPSA) is 41.6 Å². The maximum Gasteiger partial charge on any atom is 0.322 e. The third kappa shape index (κ3) is 3.86. The van der Waals surface area contributed by atoms with Gasteiger partial charge in [-0.2, -0.15) is 0 Å². The van der Waals surface area contributed by atoms with Crippen LogP contribution in [0.2, 0.25) is 0 Å². The standard InChI is InChI=1S/C24H24N2O2/c1-28-22-14-12-20(13-15-22)24(16-17-24)25-23(27)26(21-10-6-3-7-11-21)18-19-8-4-2-5-9-19/h2-15H,16-18H2,1H3,(H,25,27). The highest BCUT2D eigenvalue weighted by molar-refractivity contribution is 5.92. The lowest BCUT2D eigenvalue weighted by Gasteiger charge is -2.27. The van der Waals surface area contributed by atoms with E-state index in [1.807, 2.05) is 84.9 Å². The van der Waals surface area contributed by atoms with Gasteiger partial charge in [0.15, 0.2) is 0 Å². The van der Waals surface area contributed by atoms with Gasteiger partial charge in [-0.1, -0.05) is 60.7 Å². The number of carbonyl (C=O) groups excluding carboxylic acids is 1. The fourth-order valence-corrected chi connectivity index (χ4v) is 3.45. The second-order valence-electron chi connectivity index (χ2n) is 7.15. The lowest BCUT2D eigenvalue weighted by atomic mass is 10.0. The highest BCUT2D eigenvalue weighted by Gasteiger charge is 2.46. The van der Waals surface area contributed by atoms with Crippen molar-refractivity contribution in [3.8, 4) is 5.75 Å². The Morgan fingerprint density at radius 2 is 1.54 bits per heavy atom. The smallest absolute Gasteiger partial charge is 0.322 e. The van der Waals surface area contributed by atoms with E-state index in [-0.39, 0.29) is 11.6 Å². The molecule has 0 radical (unpaired) electrons. The number of ether oxygens (including phenoxy) is 1. The largest absolute Gasteiger partial charge is 0.497 e. The summed E-state index contributed by atoms with van der Waals surface area (Å²) in [6.07, 6.45) is 1.89. The normalized spacial score (nSPS) is 14.2. The van der Waals surface area contributed by atoms with E-state index in [2.05, 4.69) is 5.32 Å². The summed E-state index contributed by atoms with van der Waals surface area (Å²) in [5.41, 5.74) is 2.81. The molecule has 1 aliphatic carbocycles. The fourth-order valence-electron chi connectivity index (χ4n) is 3.45. The summed E-state index contributed by atoms with van der Waals surface area (Å²) in [4.78, 5) is 15.1. The van der Waals surface area contributed by atoms with Gasteiger partial charge >= 0.3 is 6.03 Å². The Hall–Kier alpha value is -3.27. The lowest BCUT2D eigenvalue weighted by molar-refractivity contribution is 0.241. The molecule has 0 aliphatic heterocycles. The number of rotatable bonds is 6. The van der Waals surface area contributed by atoms with Crippen LogP contribution in [0.1, 0.15) is 24.0 Å². The number of nitrogens with one attached hydrogen (secondary N) is 1. The van der Waals surface area contributed by atoms with Crippen molar-refractivity contribution in [1.82, 2.24) is 5.32 Å². The molecule has 0 atom stereocenters. The molecule has 0 heterocycles. The third-order valence-corrected chi connectivity index (χ3v) is 5.24. The number of para-hydroxylation sites is 1. The Balaban J connectivity index is 1.57. The maximum atomic E-state index is 13.3. The van der Waals surface area contributed by atoms with Gasteiger partial charge in [0.2, 0.25) is 0 Å². The van der Waals surface area contributed by atoms with Gasteiger partial charge in [-0.3, -0.25) is 4.90 Å². The number of benzene rings is 3. The molecule has 0 saturated heterocycles. The first-order valence-electron chi connectivity index (χ1n) is 9.53. The molecule has 1 N–H and O–H groups in total. The Morgan fingerprint density at radius 1 is 0.929 bits per heavy atom. The third-order valence-electron chi connectivity index (χ3n) is 5.24. The number of amides is 2. The molecule has 1 aliphatic rings. The van der Waals surface area contributed by atoms with E-state index in [1.54, 1.807) is 12.0 Å². The number of methoxy groups -OCH3 is 1. The van der Waals surface area contributed by atoms with Gasteiger partial charge in [-0.15, -0.1) is 0 Å². The molecule has 0 unspecified atom stereocenters. The first-order valence-corrected chi connectivity index (χ1v) is 9.53. The van der Waals surface area contributed by atoms with Crippen LogP contribution in [0.5, 0.6) is 5.75 Å². The molecule has 3 aromatic rings. The minimum Gasteiger partial charge on any atom is -0.497 e. The number of carbonyl (C=O) groups is 1. The zero-order valence-electron chi connectivity index (χ0n) is 16.0. The van der Waals surface area contributed by atoms with E-state index in [0.29, 0.717) is 6.54 Å². The molecule has 4 heteroatoms. The minimum absolute atomic E-state index is 0.0802. The maximum absolute atomic E-state index is 13.3. The Kier molecular flexibility index (Phi) is 5.02. The van der Waals surface area contributed by atoms with Gasteiger partial charge in [0.05, 0.1) is 19.2 Å². The molecule has 0 spiro atoms. The fraction of sp³-hybridized carbons (Fsp3) is 0.208. The van der Waals surface area contributed by atoms with Gasteiger partial charge in [0.25, 0.3) is 0 Å².